The van der Waals surface area contributed by atoms with Gasteiger partial charge in [0.1, 0.15) is 0 Å². The molecule has 1 aliphatic rings. The number of thioether (sulfide) groups is 1. The van der Waals surface area contributed by atoms with Crippen LogP contribution >= 0.6 is 25.3 Å². The number of benzene rings is 2. The number of aryl methyl sites for hydroxylation is 1. The zero-order valence-corrected chi connectivity index (χ0v) is 26.0. The molecule has 41 heavy (non-hydrogen) atoms. The third kappa shape index (κ3) is 58.4. The normalized spacial score (nSPS) is 8.98. The lowest BCUT2D eigenvalue weighted by atomic mass is 10.2. The van der Waals surface area contributed by atoms with Gasteiger partial charge in [0, 0.05) is 11.9 Å². The predicted molar refractivity (Wildman–Crippen MR) is 197 cm³/mol. The average molecular weight is 662 g/mol. The van der Waals surface area contributed by atoms with Crippen molar-refractivity contribution >= 4 is 37.2 Å². The van der Waals surface area contributed by atoms with E-state index in [2.05, 4.69) is 55.0 Å². The smallest absolute Gasteiger partial charge is 0.0850 e. The molecule has 0 saturated carbocycles. The molecule has 1 aliphatic heterocycles. The molecule has 1 heterocycles. The maximum absolute atomic E-state index is 6.87. The van der Waals surface area contributed by atoms with Crippen molar-refractivity contribution in [3.8, 4) is 0 Å². The summed E-state index contributed by atoms with van der Waals surface area (Å²) >= 11 is 2.08. The molecule has 0 spiro atoms. The van der Waals surface area contributed by atoms with E-state index < -0.39 is 0 Å². The molecule has 3 rings (SSSR count). The summed E-state index contributed by atoms with van der Waals surface area (Å²) in [5.74, 6) is 3.82. The van der Waals surface area contributed by atoms with Gasteiger partial charge >= 0.3 is 0 Å². The van der Waals surface area contributed by atoms with Crippen molar-refractivity contribution in [2.24, 2.45) is 11.0 Å². The average Bonchev–Trinajstić information content (AvgIpc) is 3.14. The Balaban J connectivity index is -0.00000000828. The number of rotatable bonds is 3. The van der Waals surface area contributed by atoms with Crippen LogP contribution in [-0.2, 0) is 6.42 Å². The topological polar surface area (TPSA) is 561 Å². The van der Waals surface area contributed by atoms with Gasteiger partial charge in [-0.25, -0.2) is 5.53 Å². The van der Waals surface area contributed by atoms with Gasteiger partial charge in [0.15, 0.2) is 0 Å². The molecule has 0 aliphatic carbocycles. The van der Waals surface area contributed by atoms with E-state index in [0.29, 0.717) is 5.69 Å². The Labute approximate surface area is 263 Å². The number of nitrogens with one attached hydrogen (secondary N) is 2. The summed E-state index contributed by atoms with van der Waals surface area (Å²) in [6.07, 6.45) is 3.85. The monoisotopic (exact) mass is 662 g/mol. The van der Waals surface area contributed by atoms with Gasteiger partial charge < -0.3 is 92.9 Å². The van der Waals surface area contributed by atoms with Crippen molar-refractivity contribution < 1.29 is 44.0 Å². The van der Waals surface area contributed by atoms with Gasteiger partial charge in [-0.05, 0) is 53.5 Å². The van der Waals surface area contributed by atoms with Crippen LogP contribution in [0.15, 0.2) is 59.7 Å². The minimum absolute atomic E-state index is 0. The molecule has 0 radical (unpaired) electrons. The highest BCUT2D eigenvalue weighted by molar-refractivity contribution is 7.99. The first-order chi connectivity index (χ1) is 11.7. The zero-order valence-electron chi connectivity index (χ0n) is 24.2. The highest BCUT2D eigenvalue weighted by Crippen LogP contribution is 2.21. The first-order valence-corrected chi connectivity index (χ1v) is 9.44. The number of hydrogen-bond donors (Lipinski definition) is 10. The number of hydrogen-bond acceptors (Lipinski definition) is 12. The second-order valence-corrected chi connectivity index (χ2v) is 6.81. The predicted octanol–water partition coefficient (Wildman–Crippen LogP) is 3.61. The SMILES string of the molecule is C.CCc1ccccc1.C[C@H]1CCSC1.N.N.N.N.N.N.N.N.N=Cc1ccc(N=N)cc1.O.O.O.O.O.O.O.S.[HH].[HH].[HH].[HH]. The van der Waals surface area contributed by atoms with Crippen molar-refractivity contribution in [3.63, 3.8) is 0 Å². The molecule has 18 nitrogen and oxygen atoms in total. The van der Waals surface area contributed by atoms with Crippen LogP contribution in [0.5, 0.6) is 0 Å². The van der Waals surface area contributed by atoms with Crippen molar-refractivity contribution in [2.75, 3.05) is 11.5 Å². The molecule has 1 saturated heterocycles. The highest BCUT2D eigenvalue weighted by Gasteiger charge is 2.07. The summed E-state index contributed by atoms with van der Waals surface area (Å²) in [7, 11) is 0. The molecular weight excluding hydrogens is 582 g/mol. The van der Waals surface area contributed by atoms with E-state index in [1.54, 1.807) is 24.3 Å². The Morgan fingerprint density at radius 3 is 1.37 bits per heavy atom. The molecule has 0 unspecified atom stereocenters. The zero-order chi connectivity index (χ0) is 17.6. The summed E-state index contributed by atoms with van der Waals surface area (Å²) < 4.78 is 0. The van der Waals surface area contributed by atoms with Crippen molar-refractivity contribution in [2.45, 2.75) is 34.1 Å². The molecule has 272 valence electrons. The van der Waals surface area contributed by atoms with E-state index in [0.717, 1.165) is 17.9 Å². The molecule has 1 fully saturated rings. The largest absolute Gasteiger partial charge is 0.412 e. The standard InChI is InChI=1S/C8H10.C7H7N3.C5H10S.CH4.8H3N.7H2O.H2S.4H2/c1-2-8-6-4-3-5-7-8;8-5-6-1-3-7(10-9)4-2-6;1-5-2-3-6-4-5;;;;;;;;;;;;;;;;;;;;;/h3-7H,2H2,1H3;1-5,8-9H;5H,2-4H2,1H3;1H4;8*1H3;8*1H2;4*1H/t;;5-;;;;;;;;;;;;;;;;;;;;;/m..0...................../s1. The maximum atomic E-state index is 6.87. The third-order valence-electron chi connectivity index (χ3n) is 3.60. The Morgan fingerprint density at radius 1 is 0.780 bits per heavy atom. The third-order valence-corrected chi connectivity index (χ3v) is 4.93. The van der Waals surface area contributed by atoms with E-state index in [-0.39, 0.29) is 114 Å². The fourth-order valence-corrected chi connectivity index (χ4v) is 3.32. The Hall–Kier alpha value is -2.19. The summed E-state index contributed by atoms with van der Waals surface area (Å²) in [5.41, 5.74) is 9.49. The van der Waals surface area contributed by atoms with Crippen molar-refractivity contribution in [1.29, 1.82) is 10.9 Å². The second kappa shape index (κ2) is 76.9. The molecule has 0 aromatic heterocycles. The van der Waals surface area contributed by atoms with Crippen LogP contribution in [0.3, 0.4) is 0 Å². The van der Waals surface area contributed by atoms with Crippen molar-refractivity contribution in [3.05, 3.63) is 65.7 Å². The lowest BCUT2D eigenvalue weighted by molar-refractivity contribution is 0.669. The first kappa shape index (κ1) is 117. The molecule has 2 aromatic rings. The molecule has 0 bridgehead atoms. The van der Waals surface area contributed by atoms with Gasteiger partial charge in [-0.15, -0.1) is 0 Å². The summed E-state index contributed by atoms with van der Waals surface area (Å²) in [6.45, 7) is 4.48. The van der Waals surface area contributed by atoms with Crippen LogP contribution < -0.4 is 49.2 Å². The van der Waals surface area contributed by atoms with Gasteiger partial charge in [-0.3, -0.25) is 0 Å². The van der Waals surface area contributed by atoms with Crippen LogP contribution in [0.1, 0.15) is 44.5 Å². The van der Waals surface area contributed by atoms with Crippen LogP contribution in [0, 0.1) is 16.9 Å². The molecule has 20 heteroatoms. The van der Waals surface area contributed by atoms with Gasteiger partial charge in [-0.2, -0.15) is 30.4 Å². The van der Waals surface area contributed by atoms with Gasteiger partial charge in [0.05, 0.1) is 5.69 Å². The first-order valence-electron chi connectivity index (χ1n) is 8.29. The van der Waals surface area contributed by atoms with Gasteiger partial charge in [0.25, 0.3) is 0 Å². The molecular formula is C21H79N11O7S2. The molecule has 1 atom stereocenters. The van der Waals surface area contributed by atoms with Gasteiger partial charge in [0.2, 0.25) is 0 Å². The summed E-state index contributed by atoms with van der Waals surface area (Å²) in [5, 5.41) is 10.1. The fraction of sp³-hybridized carbons (Fsp3) is 0.381. The second-order valence-electron chi connectivity index (χ2n) is 5.66. The van der Waals surface area contributed by atoms with E-state index in [9.17, 15) is 0 Å². The molecule has 0 amide bonds. The van der Waals surface area contributed by atoms with Crippen LogP contribution in [0.2, 0.25) is 0 Å². The lowest BCUT2D eigenvalue weighted by Gasteiger charge is -1.90. The Kier molecular flexibility index (Phi) is 219. The van der Waals surface area contributed by atoms with Gasteiger partial charge in [-0.1, -0.05) is 63.7 Å². The molecule has 2 aromatic carbocycles. The minimum atomic E-state index is 0. The summed E-state index contributed by atoms with van der Waals surface area (Å²) in [6, 6.07) is 17.4. The summed E-state index contributed by atoms with van der Waals surface area (Å²) in [4.78, 5) is 0. The van der Waals surface area contributed by atoms with Crippen LogP contribution in [0.25, 0.3) is 0 Å². The molecule has 40 N–H and O–H groups in total. The maximum Gasteiger partial charge on any atom is 0.0850 e. The lowest BCUT2D eigenvalue weighted by Crippen LogP contribution is -1.85. The van der Waals surface area contributed by atoms with Crippen LogP contribution in [0.4, 0.5) is 5.69 Å². The van der Waals surface area contributed by atoms with E-state index >= 15 is 0 Å². The van der Waals surface area contributed by atoms with E-state index in [4.69, 9.17) is 10.9 Å². The fourth-order valence-electron chi connectivity index (χ4n) is 2.01. The quantitative estimate of drug-likeness (QED) is 0.169. The minimum Gasteiger partial charge on any atom is -0.412 e. The van der Waals surface area contributed by atoms with E-state index in [1.807, 2.05) is 6.07 Å². The van der Waals surface area contributed by atoms with E-state index in [1.165, 1.54) is 29.7 Å². The Morgan fingerprint density at radius 2 is 1.17 bits per heavy atom. The van der Waals surface area contributed by atoms with Crippen LogP contribution in [-0.4, -0.2) is 56.1 Å². The Bertz CT molecular complexity index is 617. The number of nitrogens with zero attached hydrogens (tertiary/aromatic N) is 1. The highest BCUT2D eigenvalue weighted by atomic mass is 32.2. The van der Waals surface area contributed by atoms with Crippen molar-refractivity contribution in [1.82, 2.24) is 49.2 Å².